The Kier molecular flexibility index (Phi) is 4.83. The van der Waals surface area contributed by atoms with Crippen LogP contribution < -0.4 is 4.72 Å². The minimum Gasteiger partial charge on any atom is -0.224 e. The molecule has 2 aromatic carbocycles. The molecule has 0 spiro atoms. The second kappa shape index (κ2) is 6.50. The van der Waals surface area contributed by atoms with Crippen LogP contribution in [0.1, 0.15) is 24.8 Å². The van der Waals surface area contributed by atoms with E-state index < -0.39 is 25.4 Å². The van der Waals surface area contributed by atoms with Crippen molar-refractivity contribution >= 4 is 35.8 Å². The predicted molar refractivity (Wildman–Crippen MR) is 99.5 cm³/mol. The van der Waals surface area contributed by atoms with Crippen LogP contribution in [0.4, 0.5) is 0 Å². The third kappa shape index (κ3) is 3.81. The van der Waals surface area contributed by atoms with Crippen molar-refractivity contribution in [1.29, 1.82) is 0 Å². The summed E-state index contributed by atoms with van der Waals surface area (Å²) >= 11 is 3.42. The van der Waals surface area contributed by atoms with Gasteiger partial charge in [-0.3, -0.25) is 0 Å². The highest BCUT2D eigenvalue weighted by molar-refractivity contribution is 9.10. The highest BCUT2D eigenvalue weighted by atomic mass is 79.9. The fourth-order valence-electron chi connectivity index (χ4n) is 2.95. The van der Waals surface area contributed by atoms with Crippen LogP contribution in [0.15, 0.2) is 62.8 Å². The summed E-state index contributed by atoms with van der Waals surface area (Å²) in [5, 5.41) is 0. The molecule has 1 saturated carbocycles. The topological polar surface area (TPSA) is 80.3 Å². The third-order valence-electron chi connectivity index (χ3n) is 4.48. The Hall–Kier alpha value is -1.22. The molecule has 0 aromatic heterocycles. The van der Waals surface area contributed by atoms with E-state index in [-0.39, 0.29) is 9.79 Å². The fraction of sp³-hybridized carbons (Fsp3) is 0.294. The maximum Gasteiger partial charge on any atom is 0.241 e. The lowest BCUT2D eigenvalue weighted by Crippen LogP contribution is -2.50. The molecule has 134 valence electrons. The summed E-state index contributed by atoms with van der Waals surface area (Å²) in [6.07, 6.45) is 3.49. The summed E-state index contributed by atoms with van der Waals surface area (Å²) in [5.74, 6) is 0. The van der Waals surface area contributed by atoms with Gasteiger partial charge in [-0.05, 0) is 61.2 Å². The van der Waals surface area contributed by atoms with Crippen LogP contribution in [-0.2, 0) is 25.4 Å². The molecule has 0 bridgehead atoms. The Morgan fingerprint density at radius 3 is 2.04 bits per heavy atom. The van der Waals surface area contributed by atoms with Crippen molar-refractivity contribution < 1.29 is 16.8 Å². The molecule has 1 aliphatic rings. The molecule has 0 radical (unpaired) electrons. The zero-order valence-electron chi connectivity index (χ0n) is 13.6. The van der Waals surface area contributed by atoms with Crippen LogP contribution in [0, 0.1) is 0 Å². The van der Waals surface area contributed by atoms with Crippen LogP contribution >= 0.6 is 15.9 Å². The van der Waals surface area contributed by atoms with E-state index in [2.05, 4.69) is 20.7 Å². The Labute approximate surface area is 156 Å². The molecule has 0 saturated heterocycles. The zero-order chi connectivity index (χ0) is 18.3. The van der Waals surface area contributed by atoms with Gasteiger partial charge in [-0.2, -0.15) is 0 Å². The van der Waals surface area contributed by atoms with Gasteiger partial charge in [0, 0.05) is 10.7 Å². The van der Waals surface area contributed by atoms with Crippen LogP contribution in [0.3, 0.4) is 0 Å². The molecular formula is C17H18BrNO4S2. The van der Waals surface area contributed by atoms with Crippen molar-refractivity contribution in [3.8, 4) is 0 Å². The Morgan fingerprint density at radius 2 is 1.56 bits per heavy atom. The standard InChI is InChI=1S/C17H18BrNO4S2/c1-24(20,21)15-6-8-16(9-7-15)25(22,23)19-17(10-3-11-17)13-4-2-5-14(18)12-13/h2,4-9,12,19H,3,10-11H2,1H3. The first-order valence-electron chi connectivity index (χ1n) is 7.73. The van der Waals surface area contributed by atoms with Gasteiger partial charge in [0.25, 0.3) is 0 Å². The van der Waals surface area contributed by atoms with Crippen LogP contribution in [0.2, 0.25) is 0 Å². The highest BCUT2D eigenvalue weighted by Crippen LogP contribution is 2.43. The summed E-state index contributed by atoms with van der Waals surface area (Å²) in [4.78, 5) is 0.151. The number of benzene rings is 2. The smallest absolute Gasteiger partial charge is 0.224 e. The zero-order valence-corrected chi connectivity index (χ0v) is 16.8. The van der Waals surface area contributed by atoms with E-state index in [1.54, 1.807) is 0 Å². The van der Waals surface area contributed by atoms with Gasteiger partial charge in [0.05, 0.1) is 15.3 Å². The summed E-state index contributed by atoms with van der Waals surface area (Å²) in [7, 11) is -7.12. The maximum atomic E-state index is 12.8. The summed E-state index contributed by atoms with van der Waals surface area (Å²) < 4.78 is 52.3. The first-order valence-corrected chi connectivity index (χ1v) is 11.9. The molecule has 0 heterocycles. The average molecular weight is 444 g/mol. The summed E-state index contributed by atoms with van der Waals surface area (Å²) in [6.45, 7) is 0. The lowest BCUT2D eigenvalue weighted by molar-refractivity contribution is 0.224. The number of sulfonamides is 1. The van der Waals surface area contributed by atoms with E-state index in [0.717, 1.165) is 35.6 Å². The normalized spacial score (nSPS) is 17.0. The minimum atomic E-state index is -3.76. The van der Waals surface area contributed by atoms with Gasteiger partial charge < -0.3 is 0 Å². The molecule has 5 nitrogen and oxygen atoms in total. The first kappa shape index (κ1) is 18.6. The Morgan fingerprint density at radius 1 is 0.960 bits per heavy atom. The van der Waals surface area contributed by atoms with Crippen molar-refractivity contribution in [3.05, 3.63) is 58.6 Å². The quantitative estimate of drug-likeness (QED) is 0.768. The number of nitrogens with one attached hydrogen (secondary N) is 1. The molecule has 0 atom stereocenters. The van der Waals surface area contributed by atoms with Crippen molar-refractivity contribution in [2.24, 2.45) is 0 Å². The minimum absolute atomic E-state index is 0.0566. The molecule has 8 heteroatoms. The van der Waals surface area contributed by atoms with Gasteiger partial charge in [-0.25, -0.2) is 21.6 Å². The molecule has 0 unspecified atom stereocenters. The number of halogens is 1. The molecule has 1 N–H and O–H groups in total. The largest absolute Gasteiger partial charge is 0.241 e. The van der Waals surface area contributed by atoms with E-state index in [1.807, 2.05) is 24.3 Å². The van der Waals surface area contributed by atoms with Gasteiger partial charge >= 0.3 is 0 Å². The summed E-state index contributed by atoms with van der Waals surface area (Å²) in [6, 6.07) is 12.9. The van der Waals surface area contributed by atoms with Crippen molar-refractivity contribution in [2.75, 3.05) is 6.26 Å². The van der Waals surface area contributed by atoms with Crippen molar-refractivity contribution in [3.63, 3.8) is 0 Å². The molecule has 1 fully saturated rings. The molecule has 0 amide bonds. The van der Waals surface area contributed by atoms with Crippen LogP contribution in [-0.4, -0.2) is 23.1 Å². The molecule has 2 aromatic rings. The molecule has 25 heavy (non-hydrogen) atoms. The number of hydrogen-bond acceptors (Lipinski definition) is 4. The van der Waals surface area contributed by atoms with E-state index in [1.165, 1.54) is 24.3 Å². The van der Waals surface area contributed by atoms with Gasteiger partial charge in [-0.1, -0.05) is 28.1 Å². The molecule has 1 aliphatic carbocycles. The molecule has 3 rings (SSSR count). The second-order valence-electron chi connectivity index (χ2n) is 6.30. The lowest BCUT2D eigenvalue weighted by atomic mass is 9.73. The Balaban J connectivity index is 1.92. The van der Waals surface area contributed by atoms with E-state index in [4.69, 9.17) is 0 Å². The number of sulfone groups is 1. The van der Waals surface area contributed by atoms with Gasteiger partial charge in [-0.15, -0.1) is 0 Å². The van der Waals surface area contributed by atoms with Crippen molar-refractivity contribution in [2.45, 2.75) is 34.6 Å². The van der Waals surface area contributed by atoms with Gasteiger partial charge in [0.15, 0.2) is 9.84 Å². The Bertz CT molecular complexity index is 995. The lowest BCUT2D eigenvalue weighted by Gasteiger charge is -2.42. The van der Waals surface area contributed by atoms with Gasteiger partial charge in [0.1, 0.15) is 0 Å². The maximum absolute atomic E-state index is 12.8. The van der Waals surface area contributed by atoms with Gasteiger partial charge in [0.2, 0.25) is 10.0 Å². The van der Waals surface area contributed by atoms with E-state index in [0.29, 0.717) is 0 Å². The molecular weight excluding hydrogens is 426 g/mol. The molecule has 0 aliphatic heterocycles. The number of hydrogen-bond donors (Lipinski definition) is 1. The number of rotatable bonds is 5. The average Bonchev–Trinajstić information content (AvgIpc) is 2.50. The predicted octanol–water partition coefficient (Wildman–Crippen LogP) is 3.21. The second-order valence-corrected chi connectivity index (χ2v) is 10.9. The van der Waals surface area contributed by atoms with Crippen LogP contribution in [0.5, 0.6) is 0 Å². The van der Waals surface area contributed by atoms with E-state index >= 15 is 0 Å². The van der Waals surface area contributed by atoms with E-state index in [9.17, 15) is 16.8 Å². The SMILES string of the molecule is CS(=O)(=O)c1ccc(S(=O)(=O)NC2(c3cccc(Br)c3)CCC2)cc1. The van der Waals surface area contributed by atoms with Crippen molar-refractivity contribution in [1.82, 2.24) is 4.72 Å². The highest BCUT2D eigenvalue weighted by Gasteiger charge is 2.42. The monoisotopic (exact) mass is 443 g/mol. The fourth-order valence-corrected chi connectivity index (χ4v) is 5.43. The third-order valence-corrected chi connectivity index (χ3v) is 7.65. The summed E-state index contributed by atoms with van der Waals surface area (Å²) in [5.41, 5.74) is 0.308. The van der Waals surface area contributed by atoms with Crippen LogP contribution in [0.25, 0.3) is 0 Å². The first-order chi connectivity index (χ1) is 11.6.